The fourth-order valence-corrected chi connectivity index (χ4v) is 4.82. The van der Waals surface area contributed by atoms with Crippen LogP contribution in [0.1, 0.15) is 49.1 Å². The van der Waals surface area contributed by atoms with Crippen LogP contribution < -0.4 is 10.5 Å². The number of aliphatic imine (C=N–C) groups is 1. The number of ether oxygens (including phenoxy) is 2. The maximum atomic E-state index is 13.7. The molecule has 0 spiro atoms. The molecule has 0 unspecified atom stereocenters. The first-order chi connectivity index (χ1) is 18.8. The summed E-state index contributed by atoms with van der Waals surface area (Å²) in [6.45, 7) is 9.97. The summed E-state index contributed by atoms with van der Waals surface area (Å²) in [5, 5.41) is 0. The van der Waals surface area contributed by atoms with Crippen molar-refractivity contribution in [2.75, 3.05) is 32.8 Å². The highest BCUT2D eigenvalue weighted by Crippen LogP contribution is 2.31. The molecule has 3 heterocycles. The van der Waals surface area contributed by atoms with Crippen molar-refractivity contribution in [3.8, 4) is 5.75 Å². The molecule has 0 aliphatic carbocycles. The molecule has 0 radical (unpaired) electrons. The third-order valence-corrected chi connectivity index (χ3v) is 7.16. The monoisotopic (exact) mass is 525 g/mol. The number of benzene rings is 2. The van der Waals surface area contributed by atoms with Gasteiger partial charge in [0.25, 0.3) is 5.91 Å². The van der Waals surface area contributed by atoms with Gasteiger partial charge in [-0.2, -0.15) is 0 Å². The molecular formula is C31H35N5O3. The molecule has 8 heteroatoms. The Hall–Kier alpha value is -4.04. The quantitative estimate of drug-likeness (QED) is 0.446. The van der Waals surface area contributed by atoms with E-state index in [0.29, 0.717) is 68.0 Å². The van der Waals surface area contributed by atoms with Crippen molar-refractivity contribution in [3.63, 3.8) is 0 Å². The molecule has 0 saturated carbocycles. The van der Waals surface area contributed by atoms with E-state index < -0.39 is 0 Å². The minimum absolute atomic E-state index is 0.0334. The number of hydrogen-bond donors (Lipinski definition) is 1. The van der Waals surface area contributed by atoms with Gasteiger partial charge in [0.05, 0.1) is 31.1 Å². The standard InChI is InChI=1S/C31H35N5O3/c1-21(2)23-6-4-22(5-7-23)16-39-25-10-8-24(9-11-25)27(28(32)26-12-13-33-20-35-26)29-30(37)36(15-14-34-29)17-31(3)18-38-19-31/h4-13,20-21H,14-19,32H2,1-3H3. The number of amides is 1. The lowest BCUT2D eigenvalue weighted by atomic mass is 9.87. The van der Waals surface area contributed by atoms with Crippen molar-refractivity contribution >= 4 is 22.9 Å². The zero-order chi connectivity index (χ0) is 27.4. The van der Waals surface area contributed by atoms with Crippen LogP contribution in [0.3, 0.4) is 0 Å². The Labute approximate surface area is 229 Å². The predicted molar refractivity (Wildman–Crippen MR) is 152 cm³/mol. The highest BCUT2D eigenvalue weighted by molar-refractivity contribution is 6.58. The molecule has 0 bridgehead atoms. The van der Waals surface area contributed by atoms with Gasteiger partial charge in [-0.3, -0.25) is 9.79 Å². The lowest BCUT2D eigenvalue weighted by molar-refractivity contribution is -0.138. The number of nitrogens with zero attached hydrogens (tertiary/aromatic N) is 4. The maximum Gasteiger partial charge on any atom is 0.272 e. The van der Waals surface area contributed by atoms with Crippen molar-refractivity contribution in [1.82, 2.24) is 14.9 Å². The van der Waals surface area contributed by atoms with E-state index in [4.69, 9.17) is 15.2 Å². The van der Waals surface area contributed by atoms with Crippen LogP contribution in [0.4, 0.5) is 0 Å². The fourth-order valence-electron chi connectivity index (χ4n) is 4.82. The van der Waals surface area contributed by atoms with Crippen LogP contribution in [-0.2, 0) is 16.1 Å². The first kappa shape index (κ1) is 26.6. The topological polar surface area (TPSA) is 103 Å². The summed E-state index contributed by atoms with van der Waals surface area (Å²) < 4.78 is 11.4. The highest BCUT2D eigenvalue weighted by atomic mass is 16.5. The van der Waals surface area contributed by atoms with E-state index >= 15 is 0 Å². The molecule has 2 N–H and O–H groups in total. The number of hydrogen-bond acceptors (Lipinski definition) is 7. The Morgan fingerprint density at radius 1 is 1.10 bits per heavy atom. The molecule has 1 amide bonds. The van der Waals surface area contributed by atoms with Crippen LogP contribution in [0.2, 0.25) is 0 Å². The van der Waals surface area contributed by atoms with Crippen LogP contribution in [0.15, 0.2) is 72.1 Å². The summed E-state index contributed by atoms with van der Waals surface area (Å²) in [7, 11) is 0. The van der Waals surface area contributed by atoms with E-state index in [1.807, 2.05) is 29.2 Å². The Balaban J connectivity index is 1.40. The molecule has 1 aromatic heterocycles. The minimum Gasteiger partial charge on any atom is -0.489 e. The first-order valence-corrected chi connectivity index (χ1v) is 13.3. The molecular weight excluding hydrogens is 490 g/mol. The third-order valence-electron chi connectivity index (χ3n) is 7.16. The van der Waals surface area contributed by atoms with Crippen molar-refractivity contribution < 1.29 is 14.3 Å². The van der Waals surface area contributed by atoms with Crippen LogP contribution >= 0.6 is 0 Å². The van der Waals surface area contributed by atoms with E-state index in [1.165, 1.54) is 11.9 Å². The summed E-state index contributed by atoms with van der Waals surface area (Å²) in [6.07, 6.45) is 3.07. The van der Waals surface area contributed by atoms with Gasteiger partial charge in [-0.1, -0.05) is 57.2 Å². The molecule has 202 valence electrons. The Bertz CT molecular complexity index is 1360. The van der Waals surface area contributed by atoms with E-state index in [-0.39, 0.29) is 11.3 Å². The third kappa shape index (κ3) is 6.01. The van der Waals surface area contributed by atoms with Crippen molar-refractivity contribution in [2.24, 2.45) is 16.1 Å². The van der Waals surface area contributed by atoms with Gasteiger partial charge < -0.3 is 20.1 Å². The first-order valence-electron chi connectivity index (χ1n) is 13.3. The number of carbonyl (C=O) groups is 1. The molecule has 2 aromatic carbocycles. The summed E-state index contributed by atoms with van der Waals surface area (Å²) in [5.74, 6) is 1.09. The Kier molecular flexibility index (Phi) is 7.74. The van der Waals surface area contributed by atoms with E-state index in [9.17, 15) is 4.79 Å². The van der Waals surface area contributed by atoms with Gasteiger partial charge in [0.2, 0.25) is 0 Å². The molecule has 1 fully saturated rings. The molecule has 5 rings (SSSR count). The smallest absolute Gasteiger partial charge is 0.272 e. The van der Waals surface area contributed by atoms with Crippen molar-refractivity contribution in [1.29, 1.82) is 0 Å². The lowest BCUT2D eigenvalue weighted by Crippen LogP contribution is -2.53. The molecule has 8 nitrogen and oxygen atoms in total. The van der Waals surface area contributed by atoms with Gasteiger partial charge in [-0.05, 0) is 40.8 Å². The SMILES string of the molecule is CC(C)c1ccc(COc2ccc(C(C3=NCCN(CC4(C)COC4)C3=O)=C(N)c3ccncn3)cc2)cc1. The molecule has 39 heavy (non-hydrogen) atoms. The summed E-state index contributed by atoms with van der Waals surface area (Å²) in [5.41, 5.74) is 11.6. The van der Waals surface area contributed by atoms with Gasteiger partial charge in [-0.25, -0.2) is 9.97 Å². The van der Waals surface area contributed by atoms with E-state index in [0.717, 1.165) is 16.9 Å². The summed E-state index contributed by atoms with van der Waals surface area (Å²) >= 11 is 0. The average molecular weight is 526 g/mol. The molecule has 0 atom stereocenters. The number of carbonyl (C=O) groups excluding carboxylic acids is 1. The lowest BCUT2D eigenvalue weighted by Gasteiger charge is -2.42. The van der Waals surface area contributed by atoms with Crippen LogP contribution in [0.25, 0.3) is 11.3 Å². The van der Waals surface area contributed by atoms with Crippen LogP contribution in [0.5, 0.6) is 5.75 Å². The Morgan fingerprint density at radius 3 is 2.46 bits per heavy atom. The predicted octanol–water partition coefficient (Wildman–Crippen LogP) is 4.33. The van der Waals surface area contributed by atoms with Gasteiger partial charge in [-0.15, -0.1) is 0 Å². The van der Waals surface area contributed by atoms with Crippen LogP contribution in [-0.4, -0.2) is 59.3 Å². The molecule has 1 saturated heterocycles. The Morgan fingerprint density at radius 2 is 1.85 bits per heavy atom. The van der Waals surface area contributed by atoms with Gasteiger partial charge in [0.15, 0.2) is 0 Å². The number of rotatable bonds is 9. The van der Waals surface area contributed by atoms with E-state index in [2.05, 4.69) is 60.0 Å². The summed E-state index contributed by atoms with van der Waals surface area (Å²) in [4.78, 5) is 28.5. The van der Waals surface area contributed by atoms with Crippen LogP contribution in [0, 0.1) is 5.41 Å². The number of nitrogens with two attached hydrogens (primary N) is 1. The van der Waals surface area contributed by atoms with Gasteiger partial charge in [0.1, 0.15) is 24.4 Å². The minimum atomic E-state index is -0.133. The average Bonchev–Trinajstić information content (AvgIpc) is 2.94. The van der Waals surface area contributed by atoms with Crippen molar-refractivity contribution in [3.05, 3.63) is 89.5 Å². The zero-order valence-corrected chi connectivity index (χ0v) is 22.8. The second kappa shape index (κ2) is 11.4. The fraction of sp³-hybridized carbons (Fsp3) is 0.355. The second-order valence-electron chi connectivity index (χ2n) is 10.9. The molecule has 2 aliphatic rings. The molecule has 3 aromatic rings. The van der Waals surface area contributed by atoms with E-state index in [1.54, 1.807) is 12.3 Å². The maximum absolute atomic E-state index is 13.7. The summed E-state index contributed by atoms with van der Waals surface area (Å²) in [6, 6.07) is 17.8. The second-order valence-corrected chi connectivity index (χ2v) is 10.9. The van der Waals surface area contributed by atoms with Gasteiger partial charge >= 0.3 is 0 Å². The number of aromatic nitrogens is 2. The normalized spacial score (nSPS) is 17.4. The largest absolute Gasteiger partial charge is 0.489 e. The highest BCUT2D eigenvalue weighted by Gasteiger charge is 2.39. The van der Waals surface area contributed by atoms with Crippen molar-refractivity contribution in [2.45, 2.75) is 33.3 Å². The zero-order valence-electron chi connectivity index (χ0n) is 22.8. The molecule has 2 aliphatic heterocycles. The van der Waals surface area contributed by atoms with Gasteiger partial charge in [0, 0.05) is 30.3 Å².